The second-order valence-corrected chi connectivity index (χ2v) is 7.06. The molecule has 4 heteroatoms. The molecule has 2 aromatic rings. The lowest BCUT2D eigenvalue weighted by Gasteiger charge is -2.37. The lowest BCUT2D eigenvalue weighted by atomic mass is 9.94. The fourth-order valence-corrected chi connectivity index (χ4v) is 3.99. The molecule has 1 saturated heterocycles. The highest BCUT2D eigenvalue weighted by atomic mass is 16.6. The number of rotatable bonds is 4. The number of nitrogens with zero attached hydrogens (tertiary/aromatic N) is 1. The van der Waals surface area contributed by atoms with E-state index in [2.05, 4.69) is 18.2 Å². The van der Waals surface area contributed by atoms with Gasteiger partial charge in [-0.25, -0.2) is 4.79 Å². The van der Waals surface area contributed by atoms with Crippen LogP contribution < -0.4 is 0 Å². The van der Waals surface area contributed by atoms with Crippen molar-refractivity contribution in [2.45, 2.75) is 44.1 Å². The first kappa shape index (κ1) is 16.9. The van der Waals surface area contributed by atoms with Crippen molar-refractivity contribution in [1.82, 2.24) is 4.90 Å². The number of hydrogen-bond donors (Lipinski definition) is 1. The number of ether oxygens (including phenoxy) is 1. The van der Waals surface area contributed by atoms with E-state index < -0.39 is 0 Å². The Hall–Kier alpha value is -2.59. The summed E-state index contributed by atoms with van der Waals surface area (Å²) in [6.45, 7) is 0.270. The zero-order chi connectivity index (χ0) is 17.9. The number of aliphatic hydroxyl groups is 1. The predicted octanol–water partition coefficient (Wildman–Crippen LogP) is 3.70. The quantitative estimate of drug-likeness (QED) is 0.856. The Bertz CT molecular complexity index is 788. The van der Waals surface area contributed by atoms with Gasteiger partial charge < -0.3 is 9.84 Å². The molecule has 2 bridgehead atoms. The standard InChI is InChI=1S/C22H23NO3/c24-20-13-19-12-18(11-16-7-3-1-4-8-16)21(14-20)23(19)22(25)26-15-17-9-5-2-6-10-17/h1-10,12,19-21,24H,11,13-15H2/t19-,20+,21-/m1/s1. The normalized spacial score (nSPS) is 24.3. The van der Waals surface area contributed by atoms with Crippen molar-refractivity contribution in [3.8, 4) is 0 Å². The average molecular weight is 349 g/mol. The molecule has 0 unspecified atom stereocenters. The molecule has 1 N–H and O–H groups in total. The number of hydrogen-bond acceptors (Lipinski definition) is 3. The van der Waals surface area contributed by atoms with Gasteiger partial charge in [0.2, 0.25) is 0 Å². The van der Waals surface area contributed by atoms with Gasteiger partial charge in [0.1, 0.15) is 6.61 Å². The smallest absolute Gasteiger partial charge is 0.411 e. The van der Waals surface area contributed by atoms with E-state index in [4.69, 9.17) is 4.74 Å². The van der Waals surface area contributed by atoms with Crippen LogP contribution in [0.5, 0.6) is 0 Å². The fourth-order valence-electron chi connectivity index (χ4n) is 3.99. The van der Waals surface area contributed by atoms with Crippen LogP contribution in [0.25, 0.3) is 0 Å². The van der Waals surface area contributed by atoms with Crippen LogP contribution in [0.4, 0.5) is 4.79 Å². The van der Waals surface area contributed by atoms with E-state index in [0.717, 1.165) is 12.0 Å². The molecule has 134 valence electrons. The summed E-state index contributed by atoms with van der Waals surface area (Å²) >= 11 is 0. The Morgan fingerprint density at radius 2 is 1.65 bits per heavy atom. The van der Waals surface area contributed by atoms with Crippen LogP contribution in [-0.2, 0) is 17.8 Å². The molecule has 2 heterocycles. The summed E-state index contributed by atoms with van der Waals surface area (Å²) in [5, 5.41) is 10.2. The number of aliphatic hydroxyl groups excluding tert-OH is 1. The van der Waals surface area contributed by atoms with E-state index in [0.29, 0.717) is 12.8 Å². The zero-order valence-electron chi connectivity index (χ0n) is 14.6. The summed E-state index contributed by atoms with van der Waals surface area (Å²) in [5.41, 5.74) is 3.40. The molecule has 2 aliphatic heterocycles. The molecule has 1 fully saturated rings. The van der Waals surface area contributed by atoms with Gasteiger partial charge in [-0.1, -0.05) is 66.7 Å². The molecule has 0 saturated carbocycles. The predicted molar refractivity (Wildman–Crippen MR) is 99.5 cm³/mol. The van der Waals surface area contributed by atoms with Crippen LogP contribution >= 0.6 is 0 Å². The molecule has 0 spiro atoms. The zero-order valence-corrected chi connectivity index (χ0v) is 14.6. The number of carbonyl (C=O) groups excluding carboxylic acids is 1. The maximum Gasteiger partial charge on any atom is 0.411 e. The van der Waals surface area contributed by atoms with Gasteiger partial charge in [-0.2, -0.15) is 0 Å². The van der Waals surface area contributed by atoms with Crippen LogP contribution in [0.3, 0.4) is 0 Å². The molecule has 26 heavy (non-hydrogen) atoms. The maximum absolute atomic E-state index is 12.7. The average Bonchev–Trinajstić information content (AvgIpc) is 2.89. The van der Waals surface area contributed by atoms with Gasteiger partial charge in [-0.15, -0.1) is 0 Å². The highest BCUT2D eigenvalue weighted by Crippen LogP contribution is 2.37. The summed E-state index contributed by atoms with van der Waals surface area (Å²) in [6.07, 6.45) is 3.45. The van der Waals surface area contributed by atoms with Gasteiger partial charge in [0.25, 0.3) is 0 Å². The topological polar surface area (TPSA) is 49.8 Å². The summed E-state index contributed by atoms with van der Waals surface area (Å²) in [6, 6.07) is 19.8. The molecule has 1 amide bonds. The third-order valence-electron chi connectivity index (χ3n) is 5.20. The molecule has 0 aliphatic carbocycles. The number of carbonyl (C=O) groups is 1. The molecular formula is C22H23NO3. The minimum Gasteiger partial charge on any atom is -0.445 e. The molecule has 3 atom stereocenters. The van der Waals surface area contributed by atoms with Crippen molar-refractivity contribution in [1.29, 1.82) is 0 Å². The first-order chi connectivity index (χ1) is 12.7. The second-order valence-electron chi connectivity index (χ2n) is 7.06. The maximum atomic E-state index is 12.7. The summed E-state index contributed by atoms with van der Waals surface area (Å²) in [5.74, 6) is 0. The number of benzene rings is 2. The third-order valence-corrected chi connectivity index (χ3v) is 5.20. The number of piperidine rings is 1. The van der Waals surface area contributed by atoms with Crippen molar-refractivity contribution < 1.29 is 14.6 Å². The van der Waals surface area contributed by atoms with E-state index in [1.54, 1.807) is 0 Å². The van der Waals surface area contributed by atoms with Crippen molar-refractivity contribution in [3.05, 3.63) is 83.4 Å². The SMILES string of the molecule is O=C(OCc1ccccc1)N1[C@@H]2C=C(Cc3ccccc3)[C@H]1C[C@@H](O)C2. The molecule has 0 aromatic heterocycles. The summed E-state index contributed by atoms with van der Waals surface area (Å²) in [7, 11) is 0. The van der Waals surface area contributed by atoms with Crippen molar-refractivity contribution in [2.24, 2.45) is 0 Å². The Labute approximate surface area is 153 Å². The molecule has 2 aliphatic rings. The van der Waals surface area contributed by atoms with Gasteiger partial charge in [0, 0.05) is 0 Å². The third kappa shape index (κ3) is 3.51. The van der Waals surface area contributed by atoms with Crippen LogP contribution in [0.1, 0.15) is 24.0 Å². The molecule has 0 radical (unpaired) electrons. The first-order valence-corrected chi connectivity index (χ1v) is 9.12. The molecule has 4 nitrogen and oxygen atoms in total. The van der Waals surface area contributed by atoms with Crippen molar-refractivity contribution in [3.63, 3.8) is 0 Å². The summed E-state index contributed by atoms with van der Waals surface area (Å²) < 4.78 is 5.55. The minimum atomic E-state index is -0.368. The second kappa shape index (κ2) is 7.34. The largest absolute Gasteiger partial charge is 0.445 e. The minimum absolute atomic E-state index is 0.0766. The van der Waals surface area contributed by atoms with E-state index >= 15 is 0 Å². The lowest BCUT2D eigenvalue weighted by molar-refractivity contribution is 0.0264. The Kier molecular flexibility index (Phi) is 4.76. The molecular weight excluding hydrogens is 326 g/mol. The van der Waals surface area contributed by atoms with Gasteiger partial charge in [0.15, 0.2) is 0 Å². The van der Waals surface area contributed by atoms with Crippen LogP contribution in [0.2, 0.25) is 0 Å². The Morgan fingerprint density at radius 1 is 1.00 bits per heavy atom. The Morgan fingerprint density at radius 3 is 2.35 bits per heavy atom. The van der Waals surface area contributed by atoms with E-state index in [1.807, 2.05) is 53.4 Å². The highest BCUT2D eigenvalue weighted by Gasteiger charge is 2.44. The number of fused-ring (bicyclic) bond motifs is 2. The van der Waals surface area contributed by atoms with E-state index in [1.165, 1.54) is 11.1 Å². The van der Waals surface area contributed by atoms with Gasteiger partial charge in [-0.05, 0) is 36.0 Å². The molecule has 2 aromatic carbocycles. The van der Waals surface area contributed by atoms with E-state index in [-0.39, 0.29) is 30.9 Å². The van der Waals surface area contributed by atoms with Gasteiger partial charge in [-0.3, -0.25) is 4.90 Å². The van der Waals surface area contributed by atoms with Crippen LogP contribution in [0, 0.1) is 0 Å². The highest BCUT2D eigenvalue weighted by molar-refractivity contribution is 5.71. The van der Waals surface area contributed by atoms with Gasteiger partial charge in [0.05, 0.1) is 18.2 Å². The fraction of sp³-hybridized carbons (Fsp3) is 0.318. The van der Waals surface area contributed by atoms with Crippen molar-refractivity contribution >= 4 is 6.09 Å². The van der Waals surface area contributed by atoms with E-state index in [9.17, 15) is 9.90 Å². The van der Waals surface area contributed by atoms with Crippen LogP contribution in [0.15, 0.2) is 72.3 Å². The molecule has 4 rings (SSSR count). The Balaban J connectivity index is 1.46. The van der Waals surface area contributed by atoms with Crippen molar-refractivity contribution in [2.75, 3.05) is 0 Å². The summed E-state index contributed by atoms with van der Waals surface area (Å²) in [4.78, 5) is 14.5. The monoisotopic (exact) mass is 349 g/mol. The van der Waals surface area contributed by atoms with Crippen LogP contribution in [-0.4, -0.2) is 34.3 Å². The number of amides is 1. The first-order valence-electron chi connectivity index (χ1n) is 9.12. The lowest BCUT2D eigenvalue weighted by Crippen LogP contribution is -2.49. The van der Waals surface area contributed by atoms with Gasteiger partial charge >= 0.3 is 6.09 Å².